The van der Waals surface area contributed by atoms with E-state index in [0.717, 1.165) is 17.0 Å². The highest BCUT2D eigenvalue weighted by Gasteiger charge is 2.44. The number of halogens is 4. The van der Waals surface area contributed by atoms with Gasteiger partial charge in [-0.15, -0.1) is 11.3 Å². The molecule has 154 valence electrons. The number of fused-ring (bicyclic) bond motifs is 2. The first kappa shape index (κ1) is 18.7. The summed E-state index contributed by atoms with van der Waals surface area (Å²) in [6, 6.07) is 3.58. The van der Waals surface area contributed by atoms with Crippen LogP contribution in [0.1, 0.15) is 38.7 Å². The molecular weight excluding hydrogens is 426 g/mol. The lowest BCUT2D eigenvalue weighted by Crippen LogP contribution is -2.41. The Labute approximate surface area is 169 Å². The summed E-state index contributed by atoms with van der Waals surface area (Å²) in [7, 11) is 0. The third-order valence-corrected chi connectivity index (χ3v) is 5.91. The molecule has 12 heteroatoms. The van der Waals surface area contributed by atoms with Crippen molar-refractivity contribution in [1.29, 1.82) is 0 Å². The van der Waals surface area contributed by atoms with Crippen molar-refractivity contribution in [3.8, 4) is 0 Å². The second-order valence-electron chi connectivity index (χ2n) is 6.58. The lowest BCUT2D eigenvalue weighted by Gasteiger charge is -2.33. The van der Waals surface area contributed by atoms with Crippen molar-refractivity contribution < 1.29 is 26.8 Å². The molecule has 0 saturated carbocycles. The number of benzene rings is 1. The number of nitrogens with zero attached hydrogens (tertiary/aromatic N) is 4. The molecule has 0 aliphatic carbocycles. The number of aromatic amines is 1. The molecule has 0 fully saturated rings. The van der Waals surface area contributed by atoms with E-state index < -0.39 is 35.4 Å². The number of thiazole rings is 1. The molecule has 0 bridgehead atoms. The normalized spacial score (nSPS) is 16.8. The highest BCUT2D eigenvalue weighted by Crippen LogP contribution is 2.40. The van der Waals surface area contributed by atoms with Gasteiger partial charge >= 0.3 is 6.18 Å². The van der Waals surface area contributed by atoms with Crippen molar-refractivity contribution in [2.75, 3.05) is 6.54 Å². The number of alkyl halides is 3. The Bertz CT molecular complexity index is 1260. The lowest BCUT2D eigenvalue weighted by atomic mass is 10.0. The summed E-state index contributed by atoms with van der Waals surface area (Å²) in [6.07, 6.45) is -2.47. The van der Waals surface area contributed by atoms with Crippen molar-refractivity contribution in [1.82, 2.24) is 24.8 Å². The van der Waals surface area contributed by atoms with Gasteiger partial charge in [0.25, 0.3) is 5.91 Å². The van der Waals surface area contributed by atoms with E-state index in [2.05, 4.69) is 19.9 Å². The summed E-state index contributed by atoms with van der Waals surface area (Å²) in [5.41, 5.74) is -0.0860. The molecule has 30 heavy (non-hydrogen) atoms. The minimum absolute atomic E-state index is 0.0924. The minimum Gasteiger partial charge on any atom is -0.438 e. The number of hydrogen-bond acceptors (Lipinski definition) is 6. The number of nitrogens with one attached hydrogen (secondary N) is 1. The summed E-state index contributed by atoms with van der Waals surface area (Å²) in [5, 5.41) is 0.338. The zero-order chi connectivity index (χ0) is 21.0. The first-order chi connectivity index (χ1) is 14.3. The first-order valence-electron chi connectivity index (χ1n) is 8.73. The van der Waals surface area contributed by atoms with E-state index in [1.165, 1.54) is 23.4 Å². The molecular formula is C18H11F4N5O2S. The molecule has 4 aromatic rings. The van der Waals surface area contributed by atoms with E-state index in [4.69, 9.17) is 4.42 Å². The molecule has 0 saturated heterocycles. The molecule has 7 nitrogen and oxygen atoms in total. The van der Waals surface area contributed by atoms with E-state index in [9.17, 15) is 22.4 Å². The molecule has 0 unspecified atom stereocenters. The Kier molecular flexibility index (Phi) is 4.13. The van der Waals surface area contributed by atoms with Gasteiger partial charge in [-0.2, -0.15) is 13.2 Å². The first-order valence-corrected chi connectivity index (χ1v) is 9.55. The van der Waals surface area contributed by atoms with Crippen LogP contribution in [0, 0.1) is 5.82 Å². The SMILES string of the molecule is O=C(c1ocnc1C(F)(F)F)N1CCc2[nH]cnc2[C@H]1c1nc2c(F)cccc2s1. The van der Waals surface area contributed by atoms with Gasteiger partial charge in [0.15, 0.2) is 12.1 Å². The molecule has 1 aliphatic heterocycles. The monoisotopic (exact) mass is 437 g/mol. The number of carbonyl (C=O) groups excluding carboxylic acids is 1. The number of imidazole rings is 1. The summed E-state index contributed by atoms with van der Waals surface area (Å²) in [5.74, 6) is -2.42. The Morgan fingerprint density at radius 3 is 2.90 bits per heavy atom. The van der Waals surface area contributed by atoms with Crippen molar-refractivity contribution >= 4 is 27.5 Å². The van der Waals surface area contributed by atoms with Crippen molar-refractivity contribution in [3.63, 3.8) is 0 Å². The van der Waals surface area contributed by atoms with Crippen LogP contribution in [0.5, 0.6) is 0 Å². The fourth-order valence-corrected chi connectivity index (χ4v) is 4.62. The van der Waals surface area contributed by atoms with E-state index in [1.807, 2.05) is 0 Å². The summed E-state index contributed by atoms with van der Waals surface area (Å²) < 4.78 is 59.2. The van der Waals surface area contributed by atoms with Crippen molar-refractivity contribution in [2.24, 2.45) is 0 Å². The van der Waals surface area contributed by atoms with Crippen LogP contribution in [0.2, 0.25) is 0 Å². The molecule has 0 radical (unpaired) electrons. The number of aromatic nitrogens is 4. The molecule has 1 aromatic carbocycles. The van der Waals surface area contributed by atoms with E-state index in [1.54, 1.807) is 6.07 Å². The second-order valence-corrected chi connectivity index (χ2v) is 7.65. The number of para-hydroxylation sites is 1. The molecule has 0 spiro atoms. The Hall–Kier alpha value is -3.28. The van der Waals surface area contributed by atoms with Crippen LogP contribution < -0.4 is 0 Å². The summed E-state index contributed by atoms with van der Waals surface area (Å²) in [4.78, 5) is 29.0. The van der Waals surface area contributed by atoms with Gasteiger partial charge in [0.1, 0.15) is 22.4 Å². The van der Waals surface area contributed by atoms with Crippen LogP contribution >= 0.6 is 11.3 Å². The minimum atomic E-state index is -4.85. The van der Waals surface area contributed by atoms with E-state index >= 15 is 0 Å². The summed E-state index contributed by atoms with van der Waals surface area (Å²) >= 11 is 1.15. The second kappa shape index (κ2) is 6.62. The zero-order valence-electron chi connectivity index (χ0n) is 14.9. The van der Waals surface area contributed by atoms with E-state index in [-0.39, 0.29) is 12.1 Å². The van der Waals surface area contributed by atoms with Gasteiger partial charge in [-0.1, -0.05) is 6.07 Å². The van der Waals surface area contributed by atoms with E-state index in [0.29, 0.717) is 28.2 Å². The smallest absolute Gasteiger partial charge is 0.437 e. The van der Waals surface area contributed by atoms with Gasteiger partial charge in [-0.05, 0) is 12.1 Å². The van der Waals surface area contributed by atoms with Gasteiger partial charge in [-0.25, -0.2) is 19.3 Å². The molecule has 4 heterocycles. The van der Waals surface area contributed by atoms with Crippen LogP contribution in [0.25, 0.3) is 10.2 Å². The largest absolute Gasteiger partial charge is 0.438 e. The number of hydrogen-bond donors (Lipinski definition) is 1. The average Bonchev–Trinajstić information content (AvgIpc) is 3.44. The molecule has 1 amide bonds. The third kappa shape index (κ3) is 2.86. The van der Waals surface area contributed by atoms with Crippen LogP contribution in [0.15, 0.2) is 35.3 Å². The maximum atomic E-state index is 14.2. The maximum absolute atomic E-state index is 14.2. The molecule has 3 aromatic heterocycles. The average molecular weight is 437 g/mol. The number of oxazole rings is 1. The molecule has 1 N–H and O–H groups in total. The van der Waals surface area contributed by atoms with Gasteiger partial charge in [0, 0.05) is 18.7 Å². The van der Waals surface area contributed by atoms with Crippen LogP contribution in [0.4, 0.5) is 17.6 Å². The standard InChI is InChI=1S/C18H11F4N5O2S/c19-8-2-1-3-10-11(8)26-16(30-10)13-12-9(23-6-24-12)4-5-27(13)17(28)14-15(18(20,21)22)25-7-29-14/h1-3,6-7,13H,4-5H2,(H,23,24)/t13-/m0/s1. The third-order valence-electron chi connectivity index (χ3n) is 4.84. The predicted octanol–water partition coefficient (Wildman–Crippen LogP) is 3.95. The van der Waals surface area contributed by atoms with Gasteiger partial charge < -0.3 is 14.3 Å². The molecule has 5 rings (SSSR count). The highest BCUT2D eigenvalue weighted by molar-refractivity contribution is 7.18. The Balaban J connectivity index is 1.63. The topological polar surface area (TPSA) is 87.9 Å². The van der Waals surface area contributed by atoms with Crippen LogP contribution in [0.3, 0.4) is 0 Å². The predicted molar refractivity (Wildman–Crippen MR) is 96.3 cm³/mol. The van der Waals surface area contributed by atoms with Crippen molar-refractivity contribution in [2.45, 2.75) is 18.6 Å². The van der Waals surface area contributed by atoms with Crippen LogP contribution in [-0.4, -0.2) is 37.3 Å². The molecule has 1 aliphatic rings. The quantitative estimate of drug-likeness (QED) is 0.480. The highest BCUT2D eigenvalue weighted by atomic mass is 32.1. The van der Waals surface area contributed by atoms with Gasteiger partial charge in [-0.3, -0.25) is 4.79 Å². The van der Waals surface area contributed by atoms with Crippen molar-refractivity contribution in [3.05, 3.63) is 64.6 Å². The summed E-state index contributed by atoms with van der Waals surface area (Å²) in [6.45, 7) is 0.0924. The fourth-order valence-electron chi connectivity index (χ4n) is 3.52. The Morgan fingerprint density at radius 2 is 2.13 bits per heavy atom. The lowest BCUT2D eigenvalue weighted by molar-refractivity contribution is -0.141. The van der Waals surface area contributed by atoms with Gasteiger partial charge in [0.2, 0.25) is 5.76 Å². The number of H-pyrrole nitrogens is 1. The Morgan fingerprint density at radius 1 is 1.30 bits per heavy atom. The maximum Gasteiger partial charge on any atom is 0.437 e. The number of carbonyl (C=O) groups is 1. The molecule has 1 atom stereocenters. The van der Waals surface area contributed by atoms with Gasteiger partial charge in [0.05, 0.1) is 16.7 Å². The van der Waals surface area contributed by atoms with Crippen LogP contribution in [-0.2, 0) is 12.6 Å². The zero-order valence-corrected chi connectivity index (χ0v) is 15.7. The number of rotatable bonds is 2. The fraction of sp³-hybridized carbons (Fsp3) is 0.222. The number of amides is 1.